The minimum Gasteiger partial charge on any atom is -0.481 e. The van der Waals surface area contributed by atoms with Crippen LogP contribution in [0.25, 0.3) is 0 Å². The van der Waals surface area contributed by atoms with E-state index in [0.717, 1.165) is 5.56 Å². The van der Waals surface area contributed by atoms with Crippen molar-refractivity contribution < 1.29 is 14.7 Å². The highest BCUT2D eigenvalue weighted by molar-refractivity contribution is 6.33. The van der Waals surface area contributed by atoms with E-state index in [-0.39, 0.29) is 18.0 Å². The van der Waals surface area contributed by atoms with Crippen molar-refractivity contribution in [1.29, 1.82) is 0 Å². The Morgan fingerprint density at radius 2 is 2.10 bits per heavy atom. The monoisotopic (exact) mass is 296 g/mol. The van der Waals surface area contributed by atoms with Gasteiger partial charge in [0.05, 0.1) is 16.6 Å². The van der Waals surface area contributed by atoms with Crippen LogP contribution in [0.5, 0.6) is 0 Å². The van der Waals surface area contributed by atoms with Crippen LogP contribution >= 0.6 is 11.6 Å². The molecule has 1 saturated carbocycles. The molecule has 0 saturated heterocycles. The lowest BCUT2D eigenvalue weighted by atomic mass is 10.1. The van der Waals surface area contributed by atoms with Crippen LogP contribution in [0.1, 0.15) is 24.8 Å². The predicted octanol–water partition coefficient (Wildman–Crippen LogP) is 3.02. The molecule has 5 nitrogen and oxygen atoms in total. The normalized spacial score (nSPS) is 21.5. The third kappa shape index (κ3) is 3.42. The molecule has 108 valence electrons. The summed E-state index contributed by atoms with van der Waals surface area (Å²) >= 11 is 6.03. The summed E-state index contributed by atoms with van der Waals surface area (Å²) in [5.74, 6) is -1.15. The Labute approximate surface area is 122 Å². The number of carbonyl (C=O) groups is 2. The standard InChI is InChI=1S/C14H17ClN2O3/c1-8-3-2-4-11(15)12(8)17-14(20)16-10-6-5-9(7-10)13(18)19/h2-4,9-10H,5-7H2,1H3,(H,18,19)(H2,16,17,20)/t9-,10+/m1/s1. The molecule has 20 heavy (non-hydrogen) atoms. The second-order valence-corrected chi connectivity index (χ2v) is 5.48. The molecule has 0 spiro atoms. The fourth-order valence-electron chi connectivity index (χ4n) is 2.46. The minimum atomic E-state index is -0.795. The molecule has 0 bridgehead atoms. The van der Waals surface area contributed by atoms with Crippen LogP contribution in [0.2, 0.25) is 5.02 Å². The maximum Gasteiger partial charge on any atom is 0.319 e. The van der Waals surface area contributed by atoms with E-state index >= 15 is 0 Å². The molecular formula is C14H17ClN2O3. The van der Waals surface area contributed by atoms with E-state index in [1.54, 1.807) is 6.07 Å². The molecular weight excluding hydrogens is 280 g/mol. The van der Waals surface area contributed by atoms with Gasteiger partial charge in [0, 0.05) is 6.04 Å². The molecule has 0 radical (unpaired) electrons. The van der Waals surface area contributed by atoms with Crippen molar-refractivity contribution in [3.05, 3.63) is 28.8 Å². The van der Waals surface area contributed by atoms with Gasteiger partial charge in [0.2, 0.25) is 0 Å². The summed E-state index contributed by atoms with van der Waals surface area (Å²) in [4.78, 5) is 22.8. The summed E-state index contributed by atoms with van der Waals surface area (Å²) in [5.41, 5.74) is 1.46. The van der Waals surface area contributed by atoms with Crippen molar-refractivity contribution in [1.82, 2.24) is 5.32 Å². The van der Waals surface area contributed by atoms with Gasteiger partial charge in [-0.05, 0) is 37.8 Å². The molecule has 3 N–H and O–H groups in total. The molecule has 1 aliphatic rings. The van der Waals surface area contributed by atoms with E-state index < -0.39 is 5.97 Å². The first-order valence-electron chi connectivity index (χ1n) is 6.53. The molecule has 1 aliphatic carbocycles. The van der Waals surface area contributed by atoms with Crippen LogP contribution < -0.4 is 10.6 Å². The first kappa shape index (κ1) is 14.7. The molecule has 0 aliphatic heterocycles. The third-order valence-electron chi connectivity index (χ3n) is 3.58. The van der Waals surface area contributed by atoms with Crippen molar-refractivity contribution in [2.45, 2.75) is 32.2 Å². The van der Waals surface area contributed by atoms with Crippen LogP contribution in [0.15, 0.2) is 18.2 Å². The molecule has 2 rings (SSSR count). The lowest BCUT2D eigenvalue weighted by Crippen LogP contribution is -2.36. The van der Waals surface area contributed by atoms with Gasteiger partial charge < -0.3 is 15.7 Å². The zero-order valence-corrected chi connectivity index (χ0v) is 11.9. The number of aliphatic carboxylic acids is 1. The number of para-hydroxylation sites is 1. The number of nitrogens with one attached hydrogen (secondary N) is 2. The van der Waals surface area contributed by atoms with E-state index in [1.165, 1.54) is 0 Å². The van der Waals surface area contributed by atoms with E-state index in [9.17, 15) is 9.59 Å². The van der Waals surface area contributed by atoms with Crippen molar-refractivity contribution in [3.8, 4) is 0 Å². The Morgan fingerprint density at radius 3 is 2.70 bits per heavy atom. The van der Waals surface area contributed by atoms with Crippen LogP contribution in [-0.2, 0) is 4.79 Å². The van der Waals surface area contributed by atoms with E-state index in [4.69, 9.17) is 16.7 Å². The summed E-state index contributed by atoms with van der Waals surface area (Å²) in [6.45, 7) is 1.86. The van der Waals surface area contributed by atoms with Crippen LogP contribution in [-0.4, -0.2) is 23.1 Å². The van der Waals surface area contributed by atoms with Gasteiger partial charge >= 0.3 is 12.0 Å². The van der Waals surface area contributed by atoms with Crippen LogP contribution in [0, 0.1) is 12.8 Å². The molecule has 0 heterocycles. The number of benzene rings is 1. The predicted molar refractivity (Wildman–Crippen MR) is 77.1 cm³/mol. The SMILES string of the molecule is Cc1cccc(Cl)c1NC(=O)N[C@H]1CC[C@@H](C(=O)O)C1. The number of hydrogen-bond donors (Lipinski definition) is 3. The second-order valence-electron chi connectivity index (χ2n) is 5.08. The first-order chi connectivity index (χ1) is 9.47. The molecule has 1 aromatic rings. The van der Waals surface area contributed by atoms with Crippen molar-refractivity contribution in [2.75, 3.05) is 5.32 Å². The zero-order valence-electron chi connectivity index (χ0n) is 11.1. The van der Waals surface area contributed by atoms with E-state index in [1.807, 2.05) is 19.1 Å². The van der Waals surface area contributed by atoms with Crippen molar-refractivity contribution >= 4 is 29.3 Å². The summed E-state index contributed by atoms with van der Waals surface area (Å²) in [5, 5.41) is 14.9. The highest BCUT2D eigenvalue weighted by Gasteiger charge is 2.30. The molecule has 1 fully saturated rings. The number of hydrogen-bond acceptors (Lipinski definition) is 2. The van der Waals surface area contributed by atoms with Crippen LogP contribution in [0.4, 0.5) is 10.5 Å². The van der Waals surface area contributed by atoms with Gasteiger partial charge in [0.1, 0.15) is 0 Å². The highest BCUT2D eigenvalue weighted by Crippen LogP contribution is 2.27. The molecule has 0 unspecified atom stereocenters. The van der Waals surface area contributed by atoms with Gasteiger partial charge in [-0.3, -0.25) is 4.79 Å². The van der Waals surface area contributed by atoms with E-state index in [2.05, 4.69) is 10.6 Å². The van der Waals surface area contributed by atoms with Gasteiger partial charge in [-0.2, -0.15) is 0 Å². The molecule has 2 amide bonds. The number of aryl methyl sites for hydroxylation is 1. The van der Waals surface area contributed by atoms with Crippen LogP contribution in [0.3, 0.4) is 0 Å². The smallest absolute Gasteiger partial charge is 0.319 e. The average molecular weight is 297 g/mol. The Bertz CT molecular complexity index is 513. The maximum absolute atomic E-state index is 11.9. The Balaban J connectivity index is 1.92. The number of amides is 2. The lowest BCUT2D eigenvalue weighted by molar-refractivity contribution is -0.141. The average Bonchev–Trinajstić information content (AvgIpc) is 2.82. The molecule has 1 aromatic carbocycles. The van der Waals surface area contributed by atoms with Gasteiger partial charge in [-0.1, -0.05) is 23.7 Å². The summed E-state index contributed by atoms with van der Waals surface area (Å²) in [7, 11) is 0. The van der Waals surface area contributed by atoms with Gasteiger partial charge in [-0.25, -0.2) is 4.79 Å². The van der Waals surface area contributed by atoms with Crippen molar-refractivity contribution in [2.24, 2.45) is 5.92 Å². The molecule has 2 atom stereocenters. The molecule has 6 heteroatoms. The van der Waals surface area contributed by atoms with Gasteiger partial charge in [-0.15, -0.1) is 0 Å². The number of carboxylic acid groups (broad SMARTS) is 1. The number of carbonyl (C=O) groups excluding carboxylic acids is 1. The lowest BCUT2D eigenvalue weighted by Gasteiger charge is -2.15. The maximum atomic E-state index is 11.9. The Kier molecular flexibility index (Phi) is 4.49. The third-order valence-corrected chi connectivity index (χ3v) is 3.89. The second kappa shape index (κ2) is 6.13. The largest absolute Gasteiger partial charge is 0.481 e. The number of halogens is 1. The number of urea groups is 1. The number of anilines is 1. The topological polar surface area (TPSA) is 78.4 Å². The Hall–Kier alpha value is -1.75. The van der Waals surface area contributed by atoms with E-state index in [0.29, 0.717) is 30.0 Å². The minimum absolute atomic E-state index is 0.0982. The quantitative estimate of drug-likeness (QED) is 0.802. The first-order valence-corrected chi connectivity index (χ1v) is 6.90. The summed E-state index contributed by atoms with van der Waals surface area (Å²) < 4.78 is 0. The fraction of sp³-hybridized carbons (Fsp3) is 0.429. The molecule has 0 aromatic heterocycles. The summed E-state index contributed by atoms with van der Waals surface area (Å²) in [6.07, 6.45) is 1.77. The highest BCUT2D eigenvalue weighted by atomic mass is 35.5. The van der Waals surface area contributed by atoms with Gasteiger partial charge in [0.25, 0.3) is 0 Å². The number of rotatable bonds is 3. The summed E-state index contributed by atoms with van der Waals surface area (Å²) in [6, 6.07) is 4.93. The Morgan fingerprint density at radius 1 is 1.35 bits per heavy atom. The fourth-order valence-corrected chi connectivity index (χ4v) is 2.73. The van der Waals surface area contributed by atoms with Gasteiger partial charge in [0.15, 0.2) is 0 Å². The zero-order chi connectivity index (χ0) is 14.7. The van der Waals surface area contributed by atoms with Crippen molar-refractivity contribution in [3.63, 3.8) is 0 Å². The number of carboxylic acids is 1.